The van der Waals surface area contributed by atoms with Crippen LogP contribution in [0.2, 0.25) is 0 Å². The molecule has 1 aromatic heterocycles. The van der Waals surface area contributed by atoms with Gasteiger partial charge in [-0.1, -0.05) is 0 Å². The van der Waals surface area contributed by atoms with Crippen molar-refractivity contribution in [2.24, 2.45) is 5.41 Å². The molecule has 2 aliphatic rings. The SMILES string of the molecule is CN(C)C(=O)NC1CC2(CCN(Cc3ccncc3)C2)C1. The Labute approximate surface area is 126 Å². The fourth-order valence-corrected chi connectivity index (χ4v) is 3.63. The minimum atomic E-state index is 0.0292. The Morgan fingerprint density at radius 2 is 2.14 bits per heavy atom. The van der Waals surface area contributed by atoms with E-state index in [0.29, 0.717) is 11.5 Å². The summed E-state index contributed by atoms with van der Waals surface area (Å²) in [5.41, 5.74) is 1.77. The lowest BCUT2D eigenvalue weighted by Crippen LogP contribution is -2.53. The third-order valence-corrected chi connectivity index (χ3v) is 4.77. The molecular formula is C16H24N4O. The highest BCUT2D eigenvalue weighted by Gasteiger charge is 2.48. The molecule has 2 fully saturated rings. The first-order chi connectivity index (χ1) is 10.1. The van der Waals surface area contributed by atoms with Crippen molar-refractivity contribution in [2.45, 2.75) is 31.8 Å². The monoisotopic (exact) mass is 288 g/mol. The van der Waals surface area contributed by atoms with Crippen molar-refractivity contribution in [3.8, 4) is 0 Å². The third-order valence-electron chi connectivity index (χ3n) is 4.77. The van der Waals surface area contributed by atoms with Gasteiger partial charge in [0.05, 0.1) is 0 Å². The summed E-state index contributed by atoms with van der Waals surface area (Å²) >= 11 is 0. The Morgan fingerprint density at radius 1 is 1.43 bits per heavy atom. The lowest BCUT2D eigenvalue weighted by atomic mass is 9.65. The zero-order valence-electron chi connectivity index (χ0n) is 12.9. The van der Waals surface area contributed by atoms with E-state index in [0.717, 1.165) is 32.5 Å². The standard InChI is InChI=1S/C16H24N4O/c1-19(2)15(21)18-14-9-16(10-14)5-8-20(12-16)11-13-3-6-17-7-4-13/h3-4,6-7,14H,5,8-12H2,1-2H3,(H,18,21). The topological polar surface area (TPSA) is 48.5 Å². The van der Waals surface area contributed by atoms with E-state index in [2.05, 4.69) is 27.3 Å². The molecule has 1 N–H and O–H groups in total. The summed E-state index contributed by atoms with van der Waals surface area (Å²) in [6.45, 7) is 3.33. The number of carbonyl (C=O) groups is 1. The van der Waals surface area contributed by atoms with Crippen molar-refractivity contribution < 1.29 is 4.79 Å². The summed E-state index contributed by atoms with van der Waals surface area (Å²) in [6, 6.07) is 4.57. The number of nitrogens with zero attached hydrogens (tertiary/aromatic N) is 3. The van der Waals surface area contributed by atoms with Crippen LogP contribution in [0.5, 0.6) is 0 Å². The largest absolute Gasteiger partial charge is 0.335 e. The van der Waals surface area contributed by atoms with E-state index >= 15 is 0 Å². The highest BCUT2D eigenvalue weighted by molar-refractivity contribution is 5.74. The van der Waals surface area contributed by atoms with Crippen molar-refractivity contribution in [1.82, 2.24) is 20.1 Å². The molecule has 0 radical (unpaired) electrons. The van der Waals surface area contributed by atoms with Gasteiger partial charge in [-0.05, 0) is 48.9 Å². The van der Waals surface area contributed by atoms with Gasteiger partial charge >= 0.3 is 6.03 Å². The molecule has 2 heterocycles. The van der Waals surface area contributed by atoms with Crippen molar-refractivity contribution in [3.63, 3.8) is 0 Å². The van der Waals surface area contributed by atoms with Gasteiger partial charge in [0.15, 0.2) is 0 Å². The van der Waals surface area contributed by atoms with Gasteiger partial charge in [-0.3, -0.25) is 9.88 Å². The lowest BCUT2D eigenvalue weighted by Gasteiger charge is -2.45. The Bertz CT molecular complexity index is 496. The quantitative estimate of drug-likeness (QED) is 0.921. The first-order valence-electron chi connectivity index (χ1n) is 7.65. The Hall–Kier alpha value is -1.62. The van der Waals surface area contributed by atoms with Crippen molar-refractivity contribution in [1.29, 1.82) is 0 Å². The van der Waals surface area contributed by atoms with Gasteiger partial charge in [0.2, 0.25) is 0 Å². The second-order valence-corrected chi connectivity index (χ2v) is 6.77. The van der Waals surface area contributed by atoms with Gasteiger partial charge in [0, 0.05) is 45.6 Å². The molecule has 21 heavy (non-hydrogen) atoms. The Morgan fingerprint density at radius 3 is 2.81 bits per heavy atom. The molecule has 2 amide bonds. The molecule has 0 atom stereocenters. The maximum absolute atomic E-state index is 11.7. The predicted molar refractivity (Wildman–Crippen MR) is 81.8 cm³/mol. The van der Waals surface area contributed by atoms with Gasteiger partial charge in [0.1, 0.15) is 0 Å². The average Bonchev–Trinajstić information content (AvgIpc) is 2.83. The maximum atomic E-state index is 11.7. The molecule has 1 aliphatic carbocycles. The van der Waals surface area contributed by atoms with E-state index in [1.165, 1.54) is 12.0 Å². The molecule has 1 aliphatic heterocycles. The summed E-state index contributed by atoms with van der Waals surface area (Å²) in [4.78, 5) is 19.9. The molecular weight excluding hydrogens is 264 g/mol. The van der Waals surface area contributed by atoms with Crippen LogP contribution in [0.1, 0.15) is 24.8 Å². The number of amides is 2. The first-order valence-corrected chi connectivity index (χ1v) is 7.65. The summed E-state index contributed by atoms with van der Waals surface area (Å²) < 4.78 is 0. The first kappa shape index (κ1) is 14.3. The van der Waals surface area contributed by atoms with E-state index in [9.17, 15) is 4.79 Å². The van der Waals surface area contributed by atoms with E-state index in [1.54, 1.807) is 19.0 Å². The van der Waals surface area contributed by atoms with E-state index in [4.69, 9.17) is 0 Å². The number of urea groups is 1. The number of nitrogens with one attached hydrogen (secondary N) is 1. The van der Waals surface area contributed by atoms with Crippen LogP contribution in [-0.4, -0.2) is 54.0 Å². The van der Waals surface area contributed by atoms with Crippen LogP contribution in [0.25, 0.3) is 0 Å². The second-order valence-electron chi connectivity index (χ2n) is 6.77. The van der Waals surface area contributed by atoms with Crippen molar-refractivity contribution in [3.05, 3.63) is 30.1 Å². The van der Waals surface area contributed by atoms with Gasteiger partial charge in [-0.15, -0.1) is 0 Å². The van der Waals surface area contributed by atoms with E-state index in [-0.39, 0.29) is 6.03 Å². The number of likely N-dealkylation sites (tertiary alicyclic amines) is 1. The number of pyridine rings is 1. The lowest BCUT2D eigenvalue weighted by molar-refractivity contribution is 0.0899. The highest BCUT2D eigenvalue weighted by Crippen LogP contribution is 2.48. The minimum absolute atomic E-state index is 0.0292. The fourth-order valence-electron chi connectivity index (χ4n) is 3.63. The second kappa shape index (κ2) is 5.64. The molecule has 1 saturated heterocycles. The van der Waals surface area contributed by atoms with Crippen LogP contribution in [0.15, 0.2) is 24.5 Å². The van der Waals surface area contributed by atoms with Crippen LogP contribution in [0.3, 0.4) is 0 Å². The molecule has 1 aromatic rings. The van der Waals surface area contributed by atoms with Crippen LogP contribution >= 0.6 is 0 Å². The molecule has 3 rings (SSSR count). The van der Waals surface area contributed by atoms with Crippen LogP contribution < -0.4 is 5.32 Å². The van der Waals surface area contributed by atoms with Crippen LogP contribution in [-0.2, 0) is 6.54 Å². The summed E-state index contributed by atoms with van der Waals surface area (Å²) in [5, 5.41) is 3.09. The smallest absolute Gasteiger partial charge is 0.317 e. The number of hydrogen-bond donors (Lipinski definition) is 1. The van der Waals surface area contributed by atoms with Crippen LogP contribution in [0.4, 0.5) is 4.79 Å². The van der Waals surface area contributed by atoms with Gasteiger partial charge < -0.3 is 10.2 Å². The third kappa shape index (κ3) is 3.18. The summed E-state index contributed by atoms with van der Waals surface area (Å²) in [5.74, 6) is 0. The molecule has 5 heteroatoms. The maximum Gasteiger partial charge on any atom is 0.317 e. The molecule has 0 aromatic carbocycles. The normalized spacial score (nSPS) is 28.4. The average molecular weight is 288 g/mol. The zero-order valence-corrected chi connectivity index (χ0v) is 12.9. The summed E-state index contributed by atoms with van der Waals surface area (Å²) in [6.07, 6.45) is 7.22. The molecule has 1 saturated carbocycles. The van der Waals surface area contributed by atoms with E-state index in [1.807, 2.05) is 12.4 Å². The predicted octanol–water partition coefficient (Wildman–Crippen LogP) is 1.71. The Balaban J connectivity index is 1.47. The van der Waals surface area contributed by atoms with Crippen LogP contribution in [0, 0.1) is 5.41 Å². The molecule has 1 spiro atoms. The number of rotatable bonds is 3. The minimum Gasteiger partial charge on any atom is -0.335 e. The zero-order chi connectivity index (χ0) is 14.9. The van der Waals surface area contributed by atoms with Crippen molar-refractivity contribution >= 4 is 6.03 Å². The fraction of sp³-hybridized carbons (Fsp3) is 0.625. The summed E-state index contributed by atoms with van der Waals surface area (Å²) in [7, 11) is 3.57. The van der Waals surface area contributed by atoms with Gasteiger partial charge in [0.25, 0.3) is 0 Å². The van der Waals surface area contributed by atoms with Gasteiger partial charge in [-0.2, -0.15) is 0 Å². The number of hydrogen-bond acceptors (Lipinski definition) is 3. The number of carbonyl (C=O) groups excluding carboxylic acids is 1. The number of aromatic nitrogens is 1. The van der Waals surface area contributed by atoms with E-state index < -0.39 is 0 Å². The highest BCUT2D eigenvalue weighted by atomic mass is 16.2. The molecule has 0 unspecified atom stereocenters. The molecule has 114 valence electrons. The van der Waals surface area contributed by atoms with Crippen molar-refractivity contribution in [2.75, 3.05) is 27.2 Å². The van der Waals surface area contributed by atoms with Gasteiger partial charge in [-0.25, -0.2) is 4.79 Å². The molecule has 0 bridgehead atoms. The Kier molecular flexibility index (Phi) is 3.85. The molecule has 5 nitrogen and oxygen atoms in total.